The number of rotatable bonds is 6. The van der Waals surface area contributed by atoms with Crippen molar-refractivity contribution in [3.63, 3.8) is 0 Å². The number of carbonyl (C=O) groups is 2. The monoisotopic (exact) mass is 332 g/mol. The molecule has 1 aliphatic heterocycles. The van der Waals surface area contributed by atoms with Gasteiger partial charge in [-0.2, -0.15) is 0 Å². The standard InChI is InChI=1S/C17H24N4O3/c1-20(2)13-4-3-9-18-12(13)10-19-16(22)14-7-8-15(17(23)24)21(14)11-5-6-11/h3-4,9,11,14-15H,5-8,10H2,1-2H3,(H,19,22)(H,23,24). The smallest absolute Gasteiger partial charge is 0.320 e. The zero-order chi connectivity index (χ0) is 17.3. The fourth-order valence-electron chi connectivity index (χ4n) is 3.49. The third-order valence-corrected chi connectivity index (χ3v) is 4.77. The first-order valence-electron chi connectivity index (χ1n) is 8.38. The van der Waals surface area contributed by atoms with Gasteiger partial charge >= 0.3 is 5.97 Å². The number of hydrogen-bond acceptors (Lipinski definition) is 5. The van der Waals surface area contributed by atoms with Crippen LogP contribution >= 0.6 is 0 Å². The molecule has 2 N–H and O–H groups in total. The average Bonchev–Trinajstić information content (AvgIpc) is 3.30. The molecule has 130 valence electrons. The van der Waals surface area contributed by atoms with Gasteiger partial charge in [-0.25, -0.2) is 0 Å². The average molecular weight is 332 g/mol. The fraction of sp³-hybridized carbons (Fsp3) is 0.588. The summed E-state index contributed by atoms with van der Waals surface area (Å²) in [6.45, 7) is 0.347. The fourth-order valence-corrected chi connectivity index (χ4v) is 3.49. The van der Waals surface area contributed by atoms with Crippen molar-refractivity contribution >= 4 is 17.6 Å². The van der Waals surface area contributed by atoms with E-state index in [9.17, 15) is 14.7 Å². The molecule has 7 heteroatoms. The molecule has 2 aliphatic rings. The summed E-state index contributed by atoms with van der Waals surface area (Å²) in [5.74, 6) is -0.919. The first-order chi connectivity index (χ1) is 11.5. The van der Waals surface area contributed by atoms with E-state index in [0.29, 0.717) is 19.4 Å². The van der Waals surface area contributed by atoms with Gasteiger partial charge < -0.3 is 15.3 Å². The van der Waals surface area contributed by atoms with Gasteiger partial charge in [-0.15, -0.1) is 0 Å². The molecule has 1 saturated carbocycles. The molecule has 2 atom stereocenters. The Bertz CT molecular complexity index is 630. The van der Waals surface area contributed by atoms with E-state index in [1.54, 1.807) is 6.20 Å². The van der Waals surface area contributed by atoms with Crippen LogP contribution in [0.15, 0.2) is 18.3 Å². The molecule has 3 rings (SSSR count). The van der Waals surface area contributed by atoms with Gasteiger partial charge in [0.05, 0.1) is 24.0 Å². The highest BCUT2D eigenvalue weighted by Crippen LogP contribution is 2.37. The highest BCUT2D eigenvalue weighted by atomic mass is 16.4. The second-order valence-electron chi connectivity index (χ2n) is 6.71. The number of amides is 1. The molecule has 1 saturated heterocycles. The lowest BCUT2D eigenvalue weighted by atomic mass is 10.2. The van der Waals surface area contributed by atoms with Gasteiger partial charge in [0, 0.05) is 26.3 Å². The lowest BCUT2D eigenvalue weighted by Crippen LogP contribution is -2.49. The molecule has 1 amide bonds. The number of aromatic nitrogens is 1. The minimum absolute atomic E-state index is 0.0963. The predicted molar refractivity (Wildman–Crippen MR) is 89.7 cm³/mol. The number of carbonyl (C=O) groups excluding carboxylic acids is 1. The summed E-state index contributed by atoms with van der Waals surface area (Å²) >= 11 is 0. The number of pyridine rings is 1. The third kappa shape index (κ3) is 3.36. The van der Waals surface area contributed by atoms with Crippen LogP contribution in [-0.4, -0.2) is 59.1 Å². The number of carboxylic acid groups (broad SMARTS) is 1. The van der Waals surface area contributed by atoms with Gasteiger partial charge in [0.15, 0.2) is 0 Å². The Morgan fingerprint density at radius 2 is 2.00 bits per heavy atom. The Balaban J connectivity index is 1.66. The maximum atomic E-state index is 12.6. The Morgan fingerprint density at radius 1 is 1.29 bits per heavy atom. The van der Waals surface area contributed by atoms with E-state index in [4.69, 9.17) is 0 Å². The van der Waals surface area contributed by atoms with Crippen LogP contribution in [0.25, 0.3) is 0 Å². The van der Waals surface area contributed by atoms with Crippen LogP contribution in [0.2, 0.25) is 0 Å². The molecule has 0 aromatic carbocycles. The zero-order valence-corrected chi connectivity index (χ0v) is 14.1. The largest absolute Gasteiger partial charge is 0.480 e. The van der Waals surface area contributed by atoms with Crippen molar-refractivity contribution in [1.29, 1.82) is 0 Å². The van der Waals surface area contributed by atoms with E-state index >= 15 is 0 Å². The summed E-state index contributed by atoms with van der Waals surface area (Å²) in [4.78, 5) is 32.3. The molecule has 0 bridgehead atoms. The quantitative estimate of drug-likeness (QED) is 0.803. The molecular formula is C17H24N4O3. The van der Waals surface area contributed by atoms with Gasteiger partial charge in [-0.3, -0.25) is 19.5 Å². The van der Waals surface area contributed by atoms with Crippen molar-refractivity contribution in [3.05, 3.63) is 24.0 Å². The first kappa shape index (κ1) is 16.7. The highest BCUT2D eigenvalue weighted by Gasteiger charge is 2.48. The van der Waals surface area contributed by atoms with Gasteiger partial charge in [-0.1, -0.05) is 0 Å². The van der Waals surface area contributed by atoms with Crippen LogP contribution in [0.5, 0.6) is 0 Å². The number of anilines is 1. The van der Waals surface area contributed by atoms with Crippen LogP contribution in [0.4, 0.5) is 5.69 Å². The van der Waals surface area contributed by atoms with Gasteiger partial charge in [0.1, 0.15) is 6.04 Å². The lowest BCUT2D eigenvalue weighted by Gasteiger charge is -2.27. The molecule has 1 aliphatic carbocycles. The molecule has 2 unspecified atom stereocenters. The topological polar surface area (TPSA) is 85.8 Å². The van der Waals surface area contributed by atoms with Gasteiger partial charge in [0.25, 0.3) is 0 Å². The predicted octanol–water partition coefficient (Wildman–Crippen LogP) is 0.844. The minimum Gasteiger partial charge on any atom is -0.480 e. The summed E-state index contributed by atoms with van der Waals surface area (Å²) in [5, 5.41) is 12.3. The molecule has 0 radical (unpaired) electrons. The van der Waals surface area contributed by atoms with Gasteiger partial charge in [-0.05, 0) is 37.8 Å². The summed E-state index contributed by atoms with van der Waals surface area (Å²) in [6, 6.07) is 3.20. The van der Waals surface area contributed by atoms with Crippen LogP contribution in [0, 0.1) is 0 Å². The van der Waals surface area contributed by atoms with Crippen molar-refractivity contribution < 1.29 is 14.7 Å². The number of carboxylic acids is 1. The number of hydrogen-bond donors (Lipinski definition) is 2. The summed E-state index contributed by atoms with van der Waals surface area (Å²) in [5.41, 5.74) is 1.77. The molecule has 0 spiro atoms. The van der Waals surface area contributed by atoms with Crippen LogP contribution in [0.1, 0.15) is 31.4 Å². The number of nitrogens with zero attached hydrogens (tertiary/aromatic N) is 3. The molecule has 2 fully saturated rings. The third-order valence-electron chi connectivity index (χ3n) is 4.77. The van der Waals surface area contributed by atoms with E-state index in [1.807, 2.05) is 36.0 Å². The Morgan fingerprint density at radius 3 is 2.62 bits per heavy atom. The normalized spacial score (nSPS) is 23.9. The number of nitrogens with one attached hydrogen (secondary N) is 1. The van der Waals surface area contributed by atoms with Crippen molar-refractivity contribution in [3.8, 4) is 0 Å². The molecular weight excluding hydrogens is 308 g/mol. The van der Waals surface area contributed by atoms with E-state index in [0.717, 1.165) is 24.2 Å². The lowest BCUT2D eigenvalue weighted by molar-refractivity contribution is -0.143. The van der Waals surface area contributed by atoms with Crippen molar-refractivity contribution in [1.82, 2.24) is 15.2 Å². The molecule has 7 nitrogen and oxygen atoms in total. The van der Waals surface area contributed by atoms with E-state index in [-0.39, 0.29) is 18.0 Å². The first-order valence-corrected chi connectivity index (χ1v) is 8.38. The van der Waals surface area contributed by atoms with Crippen LogP contribution in [-0.2, 0) is 16.1 Å². The minimum atomic E-state index is -0.822. The maximum absolute atomic E-state index is 12.6. The molecule has 24 heavy (non-hydrogen) atoms. The number of likely N-dealkylation sites (tertiary alicyclic amines) is 1. The van der Waals surface area contributed by atoms with Crippen molar-refractivity contribution in [2.45, 2.75) is 50.4 Å². The summed E-state index contributed by atoms with van der Waals surface area (Å²) in [7, 11) is 3.87. The Hall–Kier alpha value is -2.15. The maximum Gasteiger partial charge on any atom is 0.320 e. The number of aliphatic carboxylic acids is 1. The van der Waals surface area contributed by atoms with Crippen molar-refractivity contribution in [2.24, 2.45) is 0 Å². The second-order valence-corrected chi connectivity index (χ2v) is 6.71. The SMILES string of the molecule is CN(C)c1cccnc1CNC(=O)C1CCC(C(=O)O)N1C1CC1. The van der Waals surface area contributed by atoms with Crippen molar-refractivity contribution in [2.75, 3.05) is 19.0 Å². The Labute approximate surface area is 141 Å². The molecule has 1 aromatic rings. The zero-order valence-electron chi connectivity index (χ0n) is 14.1. The van der Waals surface area contributed by atoms with E-state index in [1.165, 1.54) is 0 Å². The summed E-state index contributed by atoms with van der Waals surface area (Å²) < 4.78 is 0. The van der Waals surface area contributed by atoms with Crippen LogP contribution in [0.3, 0.4) is 0 Å². The molecule has 1 aromatic heterocycles. The van der Waals surface area contributed by atoms with Crippen LogP contribution < -0.4 is 10.2 Å². The van der Waals surface area contributed by atoms with Gasteiger partial charge in [0.2, 0.25) is 5.91 Å². The Kier molecular flexibility index (Phi) is 4.71. The highest BCUT2D eigenvalue weighted by molar-refractivity contribution is 5.84. The second kappa shape index (κ2) is 6.76. The molecule has 2 heterocycles. The summed E-state index contributed by atoms with van der Waals surface area (Å²) in [6.07, 6.45) is 4.82. The van der Waals surface area contributed by atoms with E-state index in [2.05, 4.69) is 10.3 Å². The van der Waals surface area contributed by atoms with E-state index < -0.39 is 12.0 Å².